The fraction of sp³-hybridized carbons (Fsp3) is 0.417. The predicted molar refractivity (Wildman–Crippen MR) is 79.8 cm³/mol. The molecule has 0 spiro atoms. The fourth-order valence-corrected chi connectivity index (χ4v) is 3.12. The number of amides is 1. The van der Waals surface area contributed by atoms with E-state index in [-0.39, 0.29) is 27.9 Å². The third-order valence-corrected chi connectivity index (χ3v) is 4.96. The smallest absolute Gasteiger partial charge is 0.241 e. The number of nitrogens with zero attached hydrogens (tertiary/aromatic N) is 1. The molecular weight excluding hydrogens is 316 g/mol. The zero-order chi connectivity index (χ0) is 16.4. The number of carbonyl (C=O) groups excluding carboxylic acids is 1. The molecule has 0 heterocycles. The van der Waals surface area contributed by atoms with Crippen molar-refractivity contribution in [1.82, 2.24) is 4.90 Å². The van der Waals surface area contributed by atoms with Gasteiger partial charge in [-0.3, -0.25) is 4.79 Å². The molecule has 1 aromatic carbocycles. The predicted octanol–water partition coefficient (Wildman–Crippen LogP) is -0.00630. The Morgan fingerprint density at radius 3 is 2.10 bits per heavy atom. The molecule has 0 atom stereocenters. The summed E-state index contributed by atoms with van der Waals surface area (Å²) in [5.41, 5.74) is 0.195. The first-order valence-electron chi connectivity index (χ1n) is 5.91. The molecular formula is C12H18N2O5S2. The third kappa shape index (κ3) is 4.71. The lowest BCUT2D eigenvalue weighted by molar-refractivity contribution is -0.126. The Morgan fingerprint density at radius 2 is 1.67 bits per heavy atom. The largest absolute Gasteiger partial charge is 0.375 e. The molecule has 1 N–H and O–H groups in total. The minimum absolute atomic E-state index is 0.0895. The van der Waals surface area contributed by atoms with E-state index in [0.29, 0.717) is 0 Å². The van der Waals surface area contributed by atoms with Crippen molar-refractivity contribution in [1.29, 1.82) is 0 Å². The van der Waals surface area contributed by atoms with Gasteiger partial charge >= 0.3 is 0 Å². The van der Waals surface area contributed by atoms with E-state index < -0.39 is 19.7 Å². The first kappa shape index (κ1) is 17.4. The number of anilines is 1. The van der Waals surface area contributed by atoms with E-state index in [0.717, 1.165) is 18.6 Å². The maximum atomic E-state index is 11.8. The second-order valence-electron chi connectivity index (χ2n) is 4.84. The van der Waals surface area contributed by atoms with Crippen molar-refractivity contribution in [2.24, 2.45) is 0 Å². The number of carbonyl (C=O) groups is 1. The fourth-order valence-electron chi connectivity index (χ4n) is 1.52. The van der Waals surface area contributed by atoms with Crippen molar-refractivity contribution >= 4 is 31.3 Å². The van der Waals surface area contributed by atoms with Crippen LogP contribution in [0.5, 0.6) is 0 Å². The Balaban J connectivity index is 3.25. The molecule has 0 aromatic heterocycles. The van der Waals surface area contributed by atoms with E-state index in [1.54, 1.807) is 14.1 Å². The van der Waals surface area contributed by atoms with E-state index in [1.807, 2.05) is 0 Å². The van der Waals surface area contributed by atoms with E-state index in [2.05, 4.69) is 5.32 Å². The topological polar surface area (TPSA) is 101 Å². The molecule has 0 saturated carbocycles. The summed E-state index contributed by atoms with van der Waals surface area (Å²) in [5, 5.41) is 2.71. The van der Waals surface area contributed by atoms with Crippen LogP contribution in [0.4, 0.5) is 5.69 Å². The van der Waals surface area contributed by atoms with Gasteiger partial charge in [0.1, 0.15) is 0 Å². The van der Waals surface area contributed by atoms with Crippen LogP contribution in [-0.4, -0.2) is 60.8 Å². The molecule has 0 unspecified atom stereocenters. The normalized spacial score (nSPS) is 12.0. The number of hydrogen-bond donors (Lipinski definition) is 1. The van der Waals surface area contributed by atoms with Crippen LogP contribution < -0.4 is 5.32 Å². The minimum atomic E-state index is -3.64. The Kier molecular flexibility index (Phi) is 5.00. The Bertz CT molecular complexity index is 752. The minimum Gasteiger partial charge on any atom is -0.375 e. The molecule has 0 aliphatic heterocycles. The average molecular weight is 334 g/mol. The lowest BCUT2D eigenvalue weighted by Gasteiger charge is -2.14. The van der Waals surface area contributed by atoms with Gasteiger partial charge in [0, 0.05) is 26.6 Å². The molecule has 0 fully saturated rings. The van der Waals surface area contributed by atoms with Crippen molar-refractivity contribution in [2.45, 2.75) is 9.79 Å². The quantitative estimate of drug-likeness (QED) is 0.813. The number of hydrogen-bond acceptors (Lipinski definition) is 6. The average Bonchev–Trinajstić information content (AvgIpc) is 2.33. The Hall–Kier alpha value is -1.61. The summed E-state index contributed by atoms with van der Waals surface area (Å²) in [5.74, 6) is -0.235. The molecule has 0 radical (unpaired) electrons. The van der Waals surface area contributed by atoms with Gasteiger partial charge in [-0.25, -0.2) is 16.8 Å². The highest BCUT2D eigenvalue weighted by Crippen LogP contribution is 2.24. The van der Waals surface area contributed by atoms with Gasteiger partial charge < -0.3 is 10.2 Å². The summed E-state index contributed by atoms with van der Waals surface area (Å²) in [6.45, 7) is -0.0895. The summed E-state index contributed by atoms with van der Waals surface area (Å²) >= 11 is 0. The van der Waals surface area contributed by atoms with Gasteiger partial charge in [0.25, 0.3) is 0 Å². The molecule has 0 aliphatic rings. The van der Waals surface area contributed by atoms with Gasteiger partial charge in [-0.05, 0) is 18.2 Å². The van der Waals surface area contributed by atoms with Crippen LogP contribution in [0.2, 0.25) is 0 Å². The van der Waals surface area contributed by atoms with Gasteiger partial charge in [0.2, 0.25) is 5.91 Å². The summed E-state index contributed by atoms with van der Waals surface area (Å²) in [6, 6.07) is 3.73. The van der Waals surface area contributed by atoms with E-state index in [9.17, 15) is 21.6 Å². The number of sulfone groups is 2. The van der Waals surface area contributed by atoms with Crippen molar-refractivity contribution in [3.05, 3.63) is 18.2 Å². The van der Waals surface area contributed by atoms with Crippen LogP contribution in [0.1, 0.15) is 0 Å². The van der Waals surface area contributed by atoms with Gasteiger partial charge in [0.05, 0.1) is 22.0 Å². The van der Waals surface area contributed by atoms with Crippen molar-refractivity contribution in [3.8, 4) is 0 Å². The first-order valence-corrected chi connectivity index (χ1v) is 9.69. The highest BCUT2D eigenvalue weighted by Gasteiger charge is 2.18. The van der Waals surface area contributed by atoms with Gasteiger partial charge in [-0.15, -0.1) is 0 Å². The first-order chi connectivity index (χ1) is 9.43. The molecule has 7 nitrogen and oxygen atoms in total. The second kappa shape index (κ2) is 6.02. The molecule has 21 heavy (non-hydrogen) atoms. The van der Waals surface area contributed by atoms with Crippen molar-refractivity contribution in [3.63, 3.8) is 0 Å². The molecule has 1 aromatic rings. The van der Waals surface area contributed by atoms with Crippen LogP contribution in [-0.2, 0) is 24.5 Å². The van der Waals surface area contributed by atoms with Gasteiger partial charge in [-0.2, -0.15) is 0 Å². The SMILES string of the molecule is CN(C)C(=O)CNc1ccc(S(C)(=O)=O)cc1S(C)(=O)=O. The monoisotopic (exact) mass is 334 g/mol. The van der Waals surface area contributed by atoms with Crippen molar-refractivity contribution < 1.29 is 21.6 Å². The number of benzene rings is 1. The Labute approximate surface area is 124 Å². The maximum Gasteiger partial charge on any atom is 0.241 e. The maximum absolute atomic E-state index is 11.8. The summed E-state index contributed by atoms with van der Waals surface area (Å²) < 4.78 is 46.6. The van der Waals surface area contributed by atoms with Crippen LogP contribution in [0, 0.1) is 0 Å². The second-order valence-corrected chi connectivity index (χ2v) is 8.84. The van der Waals surface area contributed by atoms with Crippen molar-refractivity contribution in [2.75, 3.05) is 38.5 Å². The molecule has 0 aliphatic carbocycles. The van der Waals surface area contributed by atoms with Gasteiger partial charge in [0.15, 0.2) is 19.7 Å². The lowest BCUT2D eigenvalue weighted by atomic mass is 10.3. The highest BCUT2D eigenvalue weighted by molar-refractivity contribution is 7.91. The summed E-state index contributed by atoms with van der Waals surface area (Å²) in [7, 11) is -4.00. The molecule has 118 valence electrons. The standard InChI is InChI=1S/C12H18N2O5S2/c1-14(2)12(15)8-13-10-6-5-9(20(3,16)17)7-11(10)21(4,18)19/h5-7,13H,8H2,1-4H3. The number of likely N-dealkylation sites (N-methyl/N-ethyl adjacent to an activating group) is 1. The van der Waals surface area contributed by atoms with E-state index >= 15 is 0 Å². The molecule has 0 saturated heterocycles. The summed E-state index contributed by atoms with van der Waals surface area (Å²) in [4.78, 5) is 12.6. The molecule has 0 bridgehead atoms. The molecule has 1 amide bonds. The molecule has 1 rings (SSSR count). The third-order valence-electron chi connectivity index (χ3n) is 2.71. The van der Waals surface area contributed by atoms with Crippen LogP contribution >= 0.6 is 0 Å². The number of rotatable bonds is 5. The van der Waals surface area contributed by atoms with E-state index in [4.69, 9.17) is 0 Å². The van der Waals surface area contributed by atoms with Crippen LogP contribution in [0.3, 0.4) is 0 Å². The van der Waals surface area contributed by atoms with Crippen LogP contribution in [0.15, 0.2) is 28.0 Å². The van der Waals surface area contributed by atoms with E-state index in [1.165, 1.54) is 17.0 Å². The lowest BCUT2D eigenvalue weighted by Crippen LogP contribution is -2.29. The zero-order valence-corrected chi connectivity index (χ0v) is 13.9. The van der Waals surface area contributed by atoms with Crippen LogP contribution in [0.25, 0.3) is 0 Å². The zero-order valence-electron chi connectivity index (χ0n) is 12.2. The molecule has 9 heteroatoms. The van der Waals surface area contributed by atoms with Gasteiger partial charge in [-0.1, -0.05) is 0 Å². The Morgan fingerprint density at radius 1 is 1.10 bits per heavy atom. The summed E-state index contributed by atoms with van der Waals surface area (Å²) in [6.07, 6.45) is 1.98. The number of nitrogens with one attached hydrogen (secondary N) is 1. The highest BCUT2D eigenvalue weighted by atomic mass is 32.2.